The van der Waals surface area contributed by atoms with Gasteiger partial charge in [-0.2, -0.15) is 11.3 Å². The van der Waals surface area contributed by atoms with Crippen molar-refractivity contribution in [3.63, 3.8) is 0 Å². The molecule has 0 spiro atoms. The fourth-order valence-electron chi connectivity index (χ4n) is 2.69. The first-order valence-electron chi connectivity index (χ1n) is 5.48. The lowest BCUT2D eigenvalue weighted by Gasteiger charge is -2.29. The summed E-state index contributed by atoms with van der Waals surface area (Å²) in [6.07, 6.45) is 5.35. The van der Waals surface area contributed by atoms with Crippen molar-refractivity contribution < 1.29 is 5.11 Å². The Hall–Kier alpha value is -0.340. The average molecular weight is 210 g/mol. The van der Waals surface area contributed by atoms with Gasteiger partial charge in [-0.05, 0) is 41.1 Å². The highest BCUT2D eigenvalue weighted by molar-refractivity contribution is 7.07. The maximum atomic E-state index is 10.5. The summed E-state index contributed by atoms with van der Waals surface area (Å²) >= 11 is 1.72. The minimum atomic E-state index is -0.407. The van der Waals surface area contributed by atoms with E-state index in [1.54, 1.807) is 11.3 Å². The van der Waals surface area contributed by atoms with Gasteiger partial charge in [-0.15, -0.1) is 0 Å². The SMILES string of the molecule is CCC1CCCC1(O)Cc1ccsc1. The molecule has 1 aromatic rings. The highest BCUT2D eigenvalue weighted by atomic mass is 32.1. The molecule has 1 aromatic heterocycles. The minimum Gasteiger partial charge on any atom is -0.389 e. The third-order valence-corrected chi connectivity index (χ3v) is 4.24. The Morgan fingerprint density at radius 1 is 1.64 bits per heavy atom. The van der Waals surface area contributed by atoms with Crippen molar-refractivity contribution in [1.82, 2.24) is 0 Å². The van der Waals surface area contributed by atoms with Gasteiger partial charge < -0.3 is 5.11 Å². The van der Waals surface area contributed by atoms with Crippen molar-refractivity contribution in [2.24, 2.45) is 5.92 Å². The molecule has 2 rings (SSSR count). The molecule has 0 amide bonds. The van der Waals surface area contributed by atoms with Crippen LogP contribution < -0.4 is 0 Å². The molecule has 1 aliphatic rings. The second-order valence-electron chi connectivity index (χ2n) is 4.41. The Kier molecular flexibility index (Phi) is 2.93. The standard InChI is InChI=1S/C12H18OS/c1-2-11-4-3-6-12(11,13)8-10-5-7-14-9-10/h5,7,9,11,13H,2-4,6,8H2,1H3. The van der Waals surface area contributed by atoms with Gasteiger partial charge >= 0.3 is 0 Å². The van der Waals surface area contributed by atoms with Gasteiger partial charge in [-0.25, -0.2) is 0 Å². The minimum absolute atomic E-state index is 0.407. The molecule has 78 valence electrons. The lowest BCUT2D eigenvalue weighted by Crippen LogP contribution is -2.35. The number of thiophene rings is 1. The fraction of sp³-hybridized carbons (Fsp3) is 0.667. The Morgan fingerprint density at radius 3 is 3.14 bits per heavy atom. The van der Waals surface area contributed by atoms with Crippen molar-refractivity contribution in [2.75, 3.05) is 0 Å². The lowest BCUT2D eigenvalue weighted by molar-refractivity contribution is 0.00156. The molecule has 0 aliphatic heterocycles. The van der Waals surface area contributed by atoms with E-state index < -0.39 is 5.60 Å². The molecule has 1 aliphatic carbocycles. The summed E-state index contributed by atoms with van der Waals surface area (Å²) in [5.74, 6) is 0.516. The summed E-state index contributed by atoms with van der Waals surface area (Å²) in [4.78, 5) is 0. The zero-order valence-electron chi connectivity index (χ0n) is 8.70. The highest BCUT2D eigenvalue weighted by Crippen LogP contribution is 2.40. The molecule has 1 nitrogen and oxygen atoms in total. The van der Waals surface area contributed by atoms with Crippen LogP contribution in [0.1, 0.15) is 38.2 Å². The molecule has 2 heteroatoms. The van der Waals surface area contributed by atoms with Crippen LogP contribution >= 0.6 is 11.3 Å². The van der Waals surface area contributed by atoms with E-state index in [1.807, 2.05) is 0 Å². The van der Waals surface area contributed by atoms with E-state index in [2.05, 4.69) is 23.8 Å². The van der Waals surface area contributed by atoms with Crippen molar-refractivity contribution in [1.29, 1.82) is 0 Å². The van der Waals surface area contributed by atoms with Crippen LogP contribution in [0.3, 0.4) is 0 Å². The maximum absolute atomic E-state index is 10.5. The second kappa shape index (κ2) is 4.03. The van der Waals surface area contributed by atoms with Gasteiger partial charge in [0.1, 0.15) is 0 Å². The average Bonchev–Trinajstić information content (AvgIpc) is 2.75. The molecule has 2 atom stereocenters. The topological polar surface area (TPSA) is 20.2 Å². The number of hydrogen-bond donors (Lipinski definition) is 1. The molecular formula is C12H18OS. The summed E-state index contributed by atoms with van der Waals surface area (Å²) in [6.45, 7) is 2.19. The van der Waals surface area contributed by atoms with E-state index in [0.29, 0.717) is 5.92 Å². The summed E-state index contributed by atoms with van der Waals surface area (Å²) < 4.78 is 0. The normalized spacial score (nSPS) is 32.3. The van der Waals surface area contributed by atoms with E-state index >= 15 is 0 Å². The lowest BCUT2D eigenvalue weighted by atomic mass is 9.84. The Balaban J connectivity index is 2.08. The zero-order chi connectivity index (χ0) is 10.0. The van der Waals surface area contributed by atoms with Crippen LogP contribution in [0.2, 0.25) is 0 Å². The van der Waals surface area contributed by atoms with Gasteiger partial charge in [-0.3, -0.25) is 0 Å². The van der Waals surface area contributed by atoms with Gasteiger partial charge in [0.25, 0.3) is 0 Å². The third kappa shape index (κ3) is 1.86. The smallest absolute Gasteiger partial charge is 0.0716 e. The number of aliphatic hydroxyl groups is 1. The third-order valence-electron chi connectivity index (χ3n) is 3.51. The molecular weight excluding hydrogens is 192 g/mol. The van der Waals surface area contributed by atoms with E-state index in [9.17, 15) is 5.11 Å². The molecule has 2 unspecified atom stereocenters. The van der Waals surface area contributed by atoms with Crippen LogP contribution in [0, 0.1) is 5.92 Å². The van der Waals surface area contributed by atoms with E-state index in [0.717, 1.165) is 19.3 Å². The van der Waals surface area contributed by atoms with Crippen LogP contribution in [-0.2, 0) is 6.42 Å². The Morgan fingerprint density at radius 2 is 2.50 bits per heavy atom. The predicted octanol–water partition coefficient (Wildman–Crippen LogP) is 3.23. The first kappa shape index (κ1) is 10.2. The molecule has 1 N–H and O–H groups in total. The molecule has 14 heavy (non-hydrogen) atoms. The second-order valence-corrected chi connectivity index (χ2v) is 5.19. The van der Waals surface area contributed by atoms with Gasteiger partial charge in [0.2, 0.25) is 0 Å². The van der Waals surface area contributed by atoms with Crippen molar-refractivity contribution >= 4 is 11.3 Å². The summed E-state index contributed by atoms with van der Waals surface area (Å²) in [7, 11) is 0. The molecule has 1 heterocycles. The van der Waals surface area contributed by atoms with Crippen LogP contribution in [-0.4, -0.2) is 10.7 Å². The molecule has 0 radical (unpaired) electrons. The zero-order valence-corrected chi connectivity index (χ0v) is 9.52. The monoisotopic (exact) mass is 210 g/mol. The van der Waals surface area contributed by atoms with Crippen LogP contribution in [0.25, 0.3) is 0 Å². The van der Waals surface area contributed by atoms with E-state index in [1.165, 1.54) is 18.4 Å². The Bertz CT molecular complexity index is 281. The molecule has 0 saturated heterocycles. The molecule has 1 saturated carbocycles. The molecule has 1 fully saturated rings. The van der Waals surface area contributed by atoms with Crippen molar-refractivity contribution in [3.05, 3.63) is 22.4 Å². The van der Waals surface area contributed by atoms with E-state index in [-0.39, 0.29) is 0 Å². The predicted molar refractivity (Wildman–Crippen MR) is 60.6 cm³/mol. The van der Waals surface area contributed by atoms with Crippen molar-refractivity contribution in [2.45, 2.75) is 44.6 Å². The van der Waals surface area contributed by atoms with E-state index in [4.69, 9.17) is 0 Å². The fourth-order valence-corrected chi connectivity index (χ4v) is 3.36. The molecule has 0 bridgehead atoms. The molecule has 0 aromatic carbocycles. The largest absolute Gasteiger partial charge is 0.389 e. The maximum Gasteiger partial charge on any atom is 0.0716 e. The van der Waals surface area contributed by atoms with Crippen LogP contribution in [0.5, 0.6) is 0 Å². The van der Waals surface area contributed by atoms with Crippen LogP contribution in [0.15, 0.2) is 16.8 Å². The Labute approximate surface area is 89.8 Å². The summed E-state index contributed by atoms with van der Waals surface area (Å²) in [5, 5.41) is 14.8. The van der Waals surface area contributed by atoms with Gasteiger partial charge in [0.05, 0.1) is 5.60 Å². The summed E-state index contributed by atoms with van der Waals surface area (Å²) in [6, 6.07) is 2.13. The van der Waals surface area contributed by atoms with Crippen molar-refractivity contribution in [3.8, 4) is 0 Å². The number of rotatable bonds is 3. The van der Waals surface area contributed by atoms with Gasteiger partial charge in [0, 0.05) is 6.42 Å². The quantitative estimate of drug-likeness (QED) is 0.812. The van der Waals surface area contributed by atoms with Crippen LogP contribution in [0.4, 0.5) is 0 Å². The number of hydrogen-bond acceptors (Lipinski definition) is 2. The summed E-state index contributed by atoms with van der Waals surface area (Å²) in [5.41, 5.74) is 0.897. The van der Waals surface area contributed by atoms with Gasteiger partial charge in [-0.1, -0.05) is 19.8 Å². The first-order valence-corrected chi connectivity index (χ1v) is 6.42. The first-order chi connectivity index (χ1) is 6.74. The highest BCUT2D eigenvalue weighted by Gasteiger charge is 2.39. The van der Waals surface area contributed by atoms with Gasteiger partial charge in [0.15, 0.2) is 0 Å².